The van der Waals surface area contributed by atoms with Gasteiger partial charge in [0.15, 0.2) is 0 Å². The summed E-state index contributed by atoms with van der Waals surface area (Å²) < 4.78 is 5.55. The molecule has 0 fully saturated rings. The topological polar surface area (TPSA) is 64.9 Å². The summed E-state index contributed by atoms with van der Waals surface area (Å²) in [5.41, 5.74) is 8.73. The van der Waals surface area contributed by atoms with E-state index < -0.39 is 0 Å². The summed E-state index contributed by atoms with van der Waals surface area (Å²) in [6, 6.07) is 18.3. The van der Waals surface area contributed by atoms with Crippen molar-refractivity contribution in [1.29, 1.82) is 0 Å². The van der Waals surface area contributed by atoms with Gasteiger partial charge in [0, 0.05) is 18.5 Å². The Hall–Kier alpha value is -2.46. The molecule has 0 saturated heterocycles. The lowest BCUT2D eigenvalue weighted by atomic mass is 10.0. The largest absolute Gasteiger partial charge is 0.421 e. The zero-order valence-corrected chi connectivity index (χ0v) is 11.0. The van der Waals surface area contributed by atoms with Gasteiger partial charge in [0.05, 0.1) is 0 Å². The average Bonchev–Trinajstić information content (AvgIpc) is 2.97. The number of nitrogens with zero attached hydrogens (tertiary/aromatic N) is 2. The molecule has 20 heavy (non-hydrogen) atoms. The number of rotatable bonds is 4. The molecule has 0 atom stereocenters. The first-order valence-electron chi connectivity index (χ1n) is 6.55. The van der Waals surface area contributed by atoms with Crippen LogP contribution in [-0.2, 0) is 6.42 Å². The first-order chi connectivity index (χ1) is 9.86. The lowest BCUT2D eigenvalue weighted by molar-refractivity contribution is 0.507. The molecule has 3 rings (SSSR count). The summed E-state index contributed by atoms with van der Waals surface area (Å²) in [5.74, 6) is 1.11. The van der Waals surface area contributed by atoms with Crippen LogP contribution in [0.15, 0.2) is 59.0 Å². The van der Waals surface area contributed by atoms with Gasteiger partial charge in [-0.2, -0.15) is 0 Å². The molecule has 1 aromatic heterocycles. The van der Waals surface area contributed by atoms with Crippen LogP contribution in [0.4, 0.5) is 0 Å². The van der Waals surface area contributed by atoms with Crippen molar-refractivity contribution >= 4 is 0 Å². The fraction of sp³-hybridized carbons (Fsp3) is 0.125. The Balaban J connectivity index is 1.85. The third-order valence-corrected chi connectivity index (χ3v) is 3.06. The van der Waals surface area contributed by atoms with Gasteiger partial charge in [-0.1, -0.05) is 42.5 Å². The molecule has 4 nitrogen and oxygen atoms in total. The maximum absolute atomic E-state index is 5.55. The van der Waals surface area contributed by atoms with Crippen LogP contribution >= 0.6 is 0 Å². The van der Waals surface area contributed by atoms with Crippen molar-refractivity contribution in [3.8, 4) is 22.6 Å². The third kappa shape index (κ3) is 2.60. The predicted molar refractivity (Wildman–Crippen MR) is 77.9 cm³/mol. The van der Waals surface area contributed by atoms with Crippen LogP contribution in [0, 0.1) is 0 Å². The molecule has 0 aliphatic carbocycles. The lowest BCUT2D eigenvalue weighted by Crippen LogP contribution is -2.02. The van der Waals surface area contributed by atoms with Crippen LogP contribution in [0.2, 0.25) is 0 Å². The van der Waals surface area contributed by atoms with Gasteiger partial charge in [0.1, 0.15) is 0 Å². The molecule has 0 amide bonds. The second-order valence-corrected chi connectivity index (χ2v) is 4.48. The van der Waals surface area contributed by atoms with Gasteiger partial charge in [-0.05, 0) is 23.3 Å². The second-order valence-electron chi connectivity index (χ2n) is 4.48. The predicted octanol–water partition coefficient (Wildman–Crippen LogP) is 2.90. The normalized spacial score (nSPS) is 10.7. The first kappa shape index (κ1) is 12.6. The summed E-state index contributed by atoms with van der Waals surface area (Å²) >= 11 is 0. The molecule has 3 aromatic rings. The van der Waals surface area contributed by atoms with Crippen molar-refractivity contribution < 1.29 is 4.42 Å². The molecule has 0 aliphatic rings. The van der Waals surface area contributed by atoms with Crippen LogP contribution < -0.4 is 5.73 Å². The Labute approximate surface area is 117 Å². The molecular weight excluding hydrogens is 250 g/mol. The van der Waals surface area contributed by atoms with E-state index in [2.05, 4.69) is 34.5 Å². The number of aromatic nitrogens is 2. The number of nitrogens with two attached hydrogens (primary N) is 1. The molecule has 4 heteroatoms. The molecule has 2 aromatic carbocycles. The highest BCUT2D eigenvalue weighted by Gasteiger charge is 2.08. The van der Waals surface area contributed by atoms with Crippen LogP contribution in [0.1, 0.15) is 5.89 Å². The zero-order valence-electron chi connectivity index (χ0n) is 11.0. The molecule has 0 spiro atoms. The van der Waals surface area contributed by atoms with E-state index in [1.807, 2.05) is 30.3 Å². The van der Waals surface area contributed by atoms with Crippen LogP contribution in [-0.4, -0.2) is 16.7 Å². The van der Waals surface area contributed by atoms with Crippen molar-refractivity contribution in [2.75, 3.05) is 6.54 Å². The number of benzene rings is 2. The Kier molecular flexibility index (Phi) is 3.56. The van der Waals surface area contributed by atoms with E-state index in [1.165, 1.54) is 5.56 Å². The molecular formula is C16H15N3O. The molecule has 100 valence electrons. The van der Waals surface area contributed by atoms with E-state index in [0.717, 1.165) is 11.1 Å². The van der Waals surface area contributed by atoms with Crippen molar-refractivity contribution in [2.45, 2.75) is 6.42 Å². The van der Waals surface area contributed by atoms with Gasteiger partial charge in [0.25, 0.3) is 0 Å². The fourth-order valence-corrected chi connectivity index (χ4v) is 2.03. The molecule has 0 radical (unpaired) electrons. The molecule has 0 bridgehead atoms. The Morgan fingerprint density at radius 3 is 2.15 bits per heavy atom. The molecule has 2 N–H and O–H groups in total. The standard InChI is InChI=1S/C16H15N3O/c17-11-10-15-18-19-16(20-15)14-8-6-13(7-9-14)12-4-2-1-3-5-12/h1-9H,10-11,17H2. The Morgan fingerprint density at radius 2 is 1.45 bits per heavy atom. The minimum atomic E-state index is 0.509. The first-order valence-corrected chi connectivity index (χ1v) is 6.55. The summed E-state index contributed by atoms with van der Waals surface area (Å²) in [4.78, 5) is 0. The highest BCUT2D eigenvalue weighted by atomic mass is 16.4. The molecule has 1 heterocycles. The van der Waals surface area contributed by atoms with Gasteiger partial charge < -0.3 is 10.2 Å². The number of hydrogen-bond acceptors (Lipinski definition) is 4. The van der Waals surface area contributed by atoms with Crippen LogP contribution in [0.5, 0.6) is 0 Å². The Bertz CT molecular complexity index is 674. The second kappa shape index (κ2) is 5.67. The maximum atomic E-state index is 5.55. The van der Waals surface area contributed by atoms with E-state index in [4.69, 9.17) is 10.2 Å². The minimum Gasteiger partial charge on any atom is -0.421 e. The van der Waals surface area contributed by atoms with Gasteiger partial charge >= 0.3 is 0 Å². The smallest absolute Gasteiger partial charge is 0.247 e. The van der Waals surface area contributed by atoms with Crippen molar-refractivity contribution in [3.63, 3.8) is 0 Å². The molecule has 0 aliphatic heterocycles. The summed E-state index contributed by atoms with van der Waals surface area (Å²) in [6.45, 7) is 0.509. The molecule has 0 unspecified atom stereocenters. The van der Waals surface area contributed by atoms with Crippen LogP contribution in [0.3, 0.4) is 0 Å². The quantitative estimate of drug-likeness (QED) is 0.787. The highest BCUT2D eigenvalue weighted by Crippen LogP contribution is 2.23. The van der Waals surface area contributed by atoms with E-state index in [1.54, 1.807) is 0 Å². The SMILES string of the molecule is NCCc1nnc(-c2ccc(-c3ccccc3)cc2)o1. The van der Waals surface area contributed by atoms with Gasteiger partial charge in [-0.3, -0.25) is 0 Å². The average molecular weight is 265 g/mol. The zero-order chi connectivity index (χ0) is 13.8. The van der Waals surface area contributed by atoms with E-state index in [9.17, 15) is 0 Å². The van der Waals surface area contributed by atoms with Gasteiger partial charge in [0.2, 0.25) is 11.8 Å². The van der Waals surface area contributed by atoms with Crippen molar-refractivity contribution in [2.24, 2.45) is 5.73 Å². The highest BCUT2D eigenvalue weighted by molar-refractivity contribution is 5.67. The number of hydrogen-bond donors (Lipinski definition) is 1. The van der Waals surface area contributed by atoms with Crippen molar-refractivity contribution in [1.82, 2.24) is 10.2 Å². The van der Waals surface area contributed by atoms with E-state index >= 15 is 0 Å². The van der Waals surface area contributed by atoms with Crippen LogP contribution in [0.25, 0.3) is 22.6 Å². The minimum absolute atomic E-state index is 0.509. The van der Waals surface area contributed by atoms with Gasteiger partial charge in [-0.15, -0.1) is 10.2 Å². The summed E-state index contributed by atoms with van der Waals surface area (Å²) in [5, 5.41) is 8.00. The molecule has 0 saturated carbocycles. The monoisotopic (exact) mass is 265 g/mol. The Morgan fingerprint density at radius 1 is 0.800 bits per heavy atom. The van der Waals surface area contributed by atoms with Crippen molar-refractivity contribution in [3.05, 3.63) is 60.5 Å². The summed E-state index contributed by atoms with van der Waals surface area (Å²) in [6.07, 6.45) is 0.606. The van der Waals surface area contributed by atoms with Gasteiger partial charge in [-0.25, -0.2) is 0 Å². The summed E-state index contributed by atoms with van der Waals surface area (Å²) in [7, 11) is 0. The fourth-order valence-electron chi connectivity index (χ4n) is 2.03. The lowest BCUT2D eigenvalue weighted by Gasteiger charge is -2.01. The third-order valence-electron chi connectivity index (χ3n) is 3.06. The van der Waals surface area contributed by atoms with E-state index in [0.29, 0.717) is 24.7 Å². The maximum Gasteiger partial charge on any atom is 0.247 e. The van der Waals surface area contributed by atoms with E-state index in [-0.39, 0.29) is 0 Å².